The van der Waals surface area contributed by atoms with E-state index in [1.54, 1.807) is 48.7 Å². The van der Waals surface area contributed by atoms with E-state index in [-0.39, 0.29) is 75.0 Å². The molecule has 0 unspecified atom stereocenters. The van der Waals surface area contributed by atoms with Crippen LogP contribution in [0.3, 0.4) is 0 Å². The molecule has 2 N–H and O–H groups in total. The predicted molar refractivity (Wildman–Crippen MR) is 187 cm³/mol. The van der Waals surface area contributed by atoms with Crippen molar-refractivity contribution in [3.8, 4) is 11.8 Å². The first kappa shape index (κ1) is 42.0. The van der Waals surface area contributed by atoms with Gasteiger partial charge in [-0.1, -0.05) is 48.4 Å². The first-order chi connectivity index (χ1) is 22.5. The molecule has 3 rings (SSSR count). The molecule has 0 aliphatic heterocycles. The monoisotopic (exact) mass is 723 g/mol. The number of rotatable bonds is 14. The number of unbranched alkanes of at least 4 members (excludes halogenated alkanes) is 3. The van der Waals surface area contributed by atoms with Crippen molar-refractivity contribution in [2.45, 2.75) is 71.4 Å². The number of ether oxygens (including phenoxy) is 1. The van der Waals surface area contributed by atoms with Crippen molar-refractivity contribution in [1.29, 1.82) is 0 Å². The zero-order valence-electron chi connectivity index (χ0n) is 29.7. The first-order valence-corrected chi connectivity index (χ1v) is 17.6. The Morgan fingerprint density at radius 1 is 1.04 bits per heavy atom. The minimum absolute atomic E-state index is 0. The molecule has 2 aromatic carbocycles. The number of nitrogens with one attached hydrogen (secondary N) is 1. The molecule has 1 heterocycles. The number of fused-ring (bicyclic) bond motifs is 1. The van der Waals surface area contributed by atoms with Crippen LogP contribution < -0.4 is 40.3 Å². The number of benzene rings is 2. The second kappa shape index (κ2) is 19.3. The number of esters is 1. The fourth-order valence-electron chi connectivity index (χ4n) is 4.80. The maximum absolute atomic E-state index is 13.5. The Bertz CT molecular complexity index is 1870. The Balaban J connectivity index is 0.00000625. The molecule has 0 aliphatic carbocycles. The number of aromatic nitrogens is 1. The summed E-state index contributed by atoms with van der Waals surface area (Å²) in [4.78, 5) is 52.1. The summed E-state index contributed by atoms with van der Waals surface area (Å²) in [6, 6.07) is 12.3. The van der Waals surface area contributed by atoms with Gasteiger partial charge < -0.3 is 20.9 Å². The minimum Gasteiger partial charge on any atom is -1.00 e. The molecule has 0 bridgehead atoms. The van der Waals surface area contributed by atoms with Crippen LogP contribution in [-0.4, -0.2) is 66.2 Å². The van der Waals surface area contributed by atoms with Gasteiger partial charge >= 0.3 is 35.5 Å². The molecular weight excluding hydrogens is 681 g/mol. The number of halogens is 1. The van der Waals surface area contributed by atoms with E-state index in [0.717, 1.165) is 12.0 Å². The molecule has 0 aliphatic rings. The third kappa shape index (κ3) is 13.9. The van der Waals surface area contributed by atoms with Crippen molar-refractivity contribution in [1.82, 2.24) is 14.8 Å². The van der Waals surface area contributed by atoms with Crippen LogP contribution in [0, 0.1) is 11.8 Å². The van der Waals surface area contributed by atoms with Gasteiger partial charge in [-0.2, -0.15) is 8.42 Å². The smallest absolute Gasteiger partial charge is 1.00 e. The molecule has 0 atom stereocenters. The molecule has 2 amide bonds. The van der Waals surface area contributed by atoms with Gasteiger partial charge in [0, 0.05) is 60.7 Å². The maximum atomic E-state index is 13.5. The Morgan fingerprint density at radius 3 is 2.33 bits per heavy atom. The van der Waals surface area contributed by atoms with Crippen LogP contribution in [0.2, 0.25) is 5.02 Å². The van der Waals surface area contributed by atoms with Gasteiger partial charge in [0.05, 0.1) is 11.3 Å². The van der Waals surface area contributed by atoms with Crippen LogP contribution >= 0.6 is 11.6 Å². The van der Waals surface area contributed by atoms with Crippen LogP contribution in [0.15, 0.2) is 53.5 Å². The molecule has 0 saturated heterocycles. The van der Waals surface area contributed by atoms with E-state index in [4.69, 9.17) is 20.9 Å². The molecule has 0 spiro atoms. The normalized spacial score (nSPS) is 11.2. The third-order valence-corrected chi connectivity index (χ3v) is 8.46. The number of amides is 2. The van der Waals surface area contributed by atoms with Crippen molar-refractivity contribution < 1.29 is 63.1 Å². The van der Waals surface area contributed by atoms with Crippen LogP contribution in [0.4, 0.5) is 0 Å². The van der Waals surface area contributed by atoms with Crippen molar-refractivity contribution in [2.24, 2.45) is 0 Å². The Labute approximate surface area is 316 Å². The van der Waals surface area contributed by atoms with Gasteiger partial charge in [-0.25, -0.2) is 0 Å². The number of pyridine rings is 1. The quantitative estimate of drug-likeness (QED) is 0.0844. The third-order valence-electron chi connectivity index (χ3n) is 7.51. The van der Waals surface area contributed by atoms with E-state index < -0.39 is 38.7 Å². The van der Waals surface area contributed by atoms with Gasteiger partial charge in [0.25, 0.3) is 16.0 Å². The summed E-state index contributed by atoms with van der Waals surface area (Å²) in [5.41, 5.74) is 1.21. The number of nitrogens with zero attached hydrogens (tertiary/aromatic N) is 2. The molecule has 1 aromatic heterocycles. The summed E-state index contributed by atoms with van der Waals surface area (Å²) in [5.74, 6) is 4.13. The minimum atomic E-state index is -4.12. The second-order valence-corrected chi connectivity index (χ2v) is 14.4. The molecule has 0 radical (unpaired) electrons. The van der Waals surface area contributed by atoms with Crippen LogP contribution in [0.5, 0.6) is 0 Å². The summed E-state index contributed by atoms with van der Waals surface area (Å²) in [7, 11) is -2.63. The predicted octanol–water partition coefficient (Wildman–Crippen LogP) is 2.04. The van der Waals surface area contributed by atoms with E-state index in [0.29, 0.717) is 40.8 Å². The van der Waals surface area contributed by atoms with E-state index in [9.17, 15) is 27.6 Å². The zero-order chi connectivity index (χ0) is 35.5. The van der Waals surface area contributed by atoms with E-state index in [1.807, 2.05) is 25.3 Å². The number of carbonyl (C=O) groups excluding carboxylic acids is 3. The fourth-order valence-corrected chi connectivity index (χ4v) is 5.43. The van der Waals surface area contributed by atoms with Gasteiger partial charge in [-0.05, 0) is 69.5 Å². The average molecular weight is 724 g/mol. The van der Waals surface area contributed by atoms with E-state index in [1.165, 1.54) is 11.9 Å². The topological polar surface area (TPSA) is 152 Å². The van der Waals surface area contributed by atoms with Crippen LogP contribution in [0.1, 0.15) is 82.2 Å². The van der Waals surface area contributed by atoms with Crippen molar-refractivity contribution >= 4 is 50.4 Å². The van der Waals surface area contributed by atoms with Crippen molar-refractivity contribution in [3.05, 3.63) is 80.6 Å². The molecule has 0 saturated carbocycles. The molecule has 3 aromatic rings. The number of hydrogen-bond acceptors (Lipinski definition) is 7. The molecule has 11 nitrogen and oxygen atoms in total. The Hall–Kier alpha value is -3.18. The standard InChI is InChI=1S/C35H42ClN3O8S.Na.H/c1-35(2,3)39-24-29(34(43)37-23-26-13-16-27(36)17-14-26)33(42)28-22-25(15-18-30(28)39)10-9-20-47-32(41)12-8-6-5-7-11-31(40)38(4)19-21-48(44,45)46;;/h13-18,22,24H,5-8,11-12,19-21,23H2,1-4H3,(H,37,43)(H,44,45,46);;/q;+1;-1. The van der Waals surface area contributed by atoms with Crippen molar-refractivity contribution in [3.63, 3.8) is 0 Å². The van der Waals surface area contributed by atoms with E-state index >= 15 is 0 Å². The zero-order valence-corrected chi connectivity index (χ0v) is 32.2. The average Bonchev–Trinajstić information content (AvgIpc) is 3.02. The maximum Gasteiger partial charge on any atom is 1.00 e. The molecular formula is C35H43ClN3NaO8S. The second-order valence-electron chi connectivity index (χ2n) is 12.4. The SMILES string of the molecule is CN(CCS(=O)(=O)O)C(=O)CCCCCCC(=O)OCC#Cc1ccc2c(c1)c(=O)c(C(=O)NCc1ccc(Cl)cc1)cn2C(C)(C)C.[H-].[Na+]. The van der Waals surface area contributed by atoms with Crippen molar-refractivity contribution in [2.75, 3.05) is 26.0 Å². The van der Waals surface area contributed by atoms with Crippen LogP contribution in [-0.2, 0) is 36.5 Å². The summed E-state index contributed by atoms with van der Waals surface area (Å²) in [6.07, 6.45) is 4.65. The molecule has 49 heavy (non-hydrogen) atoms. The Morgan fingerprint density at radius 2 is 1.69 bits per heavy atom. The largest absolute Gasteiger partial charge is 1.00 e. The van der Waals surface area contributed by atoms with Crippen LogP contribution in [0.25, 0.3) is 10.9 Å². The summed E-state index contributed by atoms with van der Waals surface area (Å²) < 4.78 is 37.5. The first-order valence-electron chi connectivity index (χ1n) is 15.6. The number of hydrogen-bond donors (Lipinski definition) is 2. The molecule has 14 heteroatoms. The van der Waals surface area contributed by atoms with Gasteiger partial charge in [0.2, 0.25) is 11.3 Å². The summed E-state index contributed by atoms with van der Waals surface area (Å²) in [6.45, 7) is 5.98. The fraction of sp³-hybridized carbons (Fsp3) is 0.429. The Kier molecular flexibility index (Phi) is 16.5. The summed E-state index contributed by atoms with van der Waals surface area (Å²) in [5, 5.41) is 3.75. The van der Waals surface area contributed by atoms with Gasteiger partial charge in [0.1, 0.15) is 5.56 Å². The van der Waals surface area contributed by atoms with Gasteiger partial charge in [0.15, 0.2) is 6.61 Å². The molecule has 0 fully saturated rings. The number of carbonyl (C=O) groups is 3. The van der Waals surface area contributed by atoms with E-state index in [2.05, 4.69) is 17.2 Å². The van der Waals surface area contributed by atoms with Gasteiger partial charge in [-0.3, -0.25) is 23.7 Å². The molecule has 260 valence electrons. The summed E-state index contributed by atoms with van der Waals surface area (Å²) >= 11 is 5.95. The van der Waals surface area contributed by atoms with Gasteiger partial charge in [-0.15, -0.1) is 0 Å².